The van der Waals surface area contributed by atoms with Crippen molar-refractivity contribution in [2.75, 3.05) is 20.8 Å². The van der Waals surface area contributed by atoms with Gasteiger partial charge in [-0.15, -0.1) is 0 Å². The molecule has 0 saturated carbocycles. The second kappa shape index (κ2) is 9.58. The summed E-state index contributed by atoms with van der Waals surface area (Å²) < 4.78 is 10.5. The van der Waals surface area contributed by atoms with Crippen molar-refractivity contribution in [2.24, 2.45) is 5.92 Å². The molecule has 0 heterocycles. The minimum absolute atomic E-state index is 0.00108. The second-order valence-corrected chi connectivity index (χ2v) is 5.82. The molecule has 0 aliphatic heterocycles. The Bertz CT molecular complexity index is 732. The number of carbonyl (C=O) groups is 2. The predicted molar refractivity (Wildman–Crippen MR) is 97.0 cm³/mol. The maximum atomic E-state index is 12.4. The van der Waals surface area contributed by atoms with Crippen molar-refractivity contribution in [3.05, 3.63) is 65.7 Å². The zero-order valence-electron chi connectivity index (χ0n) is 14.8. The fourth-order valence-electron chi connectivity index (χ4n) is 2.72. The lowest BCUT2D eigenvalue weighted by atomic mass is 9.98. The minimum atomic E-state index is -0.982. The van der Waals surface area contributed by atoms with Gasteiger partial charge in [0.1, 0.15) is 5.75 Å². The maximum absolute atomic E-state index is 12.4. The molecule has 138 valence electrons. The van der Waals surface area contributed by atoms with Gasteiger partial charge in [0.2, 0.25) is 0 Å². The number of carboxylic acids is 1. The number of carbonyl (C=O) groups excluding carboxylic acids is 1. The topological polar surface area (TPSA) is 84.9 Å². The predicted octanol–water partition coefficient (Wildman–Crippen LogP) is 2.44. The van der Waals surface area contributed by atoms with Crippen molar-refractivity contribution in [2.45, 2.75) is 12.5 Å². The first kappa shape index (κ1) is 19.5. The van der Waals surface area contributed by atoms with Crippen LogP contribution in [0.15, 0.2) is 54.6 Å². The van der Waals surface area contributed by atoms with Crippen LogP contribution in [0.2, 0.25) is 0 Å². The van der Waals surface area contributed by atoms with Gasteiger partial charge < -0.3 is 19.9 Å². The van der Waals surface area contributed by atoms with Crippen molar-refractivity contribution >= 4 is 11.9 Å². The summed E-state index contributed by atoms with van der Waals surface area (Å²) in [5, 5.41) is 12.2. The number of carboxylic acid groups (broad SMARTS) is 1. The molecule has 26 heavy (non-hydrogen) atoms. The van der Waals surface area contributed by atoms with Gasteiger partial charge >= 0.3 is 5.97 Å². The van der Waals surface area contributed by atoms with Crippen LogP contribution >= 0.6 is 0 Å². The van der Waals surface area contributed by atoms with Gasteiger partial charge in [0.15, 0.2) is 6.10 Å². The highest BCUT2D eigenvalue weighted by molar-refractivity contribution is 5.83. The van der Waals surface area contributed by atoms with Gasteiger partial charge in [0.25, 0.3) is 5.91 Å². The molecule has 2 aromatic carbocycles. The number of amides is 1. The van der Waals surface area contributed by atoms with Gasteiger partial charge in [-0.1, -0.05) is 48.5 Å². The number of para-hydroxylation sites is 1. The van der Waals surface area contributed by atoms with Crippen LogP contribution in [-0.2, 0) is 20.7 Å². The van der Waals surface area contributed by atoms with E-state index >= 15 is 0 Å². The first-order valence-electron chi connectivity index (χ1n) is 8.27. The van der Waals surface area contributed by atoms with E-state index in [0.717, 1.165) is 5.56 Å². The van der Waals surface area contributed by atoms with Crippen LogP contribution in [0.4, 0.5) is 0 Å². The number of ether oxygens (including phenoxy) is 2. The van der Waals surface area contributed by atoms with Crippen LogP contribution in [0.1, 0.15) is 17.2 Å². The highest BCUT2D eigenvalue weighted by atomic mass is 16.5. The molecule has 0 bridgehead atoms. The Hall–Kier alpha value is -2.86. The van der Waals surface area contributed by atoms with Crippen LogP contribution in [0.25, 0.3) is 0 Å². The van der Waals surface area contributed by atoms with E-state index in [0.29, 0.717) is 11.3 Å². The minimum Gasteiger partial charge on any atom is -0.496 e. The molecular formula is C20H23NO5. The van der Waals surface area contributed by atoms with E-state index in [-0.39, 0.29) is 18.9 Å². The zero-order valence-corrected chi connectivity index (χ0v) is 14.8. The molecular weight excluding hydrogens is 334 g/mol. The van der Waals surface area contributed by atoms with Crippen molar-refractivity contribution in [1.29, 1.82) is 0 Å². The van der Waals surface area contributed by atoms with Gasteiger partial charge in [-0.05, 0) is 23.6 Å². The average Bonchev–Trinajstić information content (AvgIpc) is 2.66. The first-order chi connectivity index (χ1) is 12.6. The Balaban J connectivity index is 2.04. The number of rotatable bonds is 9. The standard InChI is InChI=1S/C20H23NO5/c1-25-17-11-7-6-10-15(17)12-16(20(23)24)13-21-19(22)18(26-2)14-8-4-3-5-9-14/h3-11,16,18H,12-13H2,1-2H3,(H,21,22)(H,23,24). The highest BCUT2D eigenvalue weighted by Gasteiger charge is 2.24. The second-order valence-electron chi connectivity index (χ2n) is 5.82. The monoisotopic (exact) mass is 357 g/mol. The van der Waals surface area contributed by atoms with Gasteiger partial charge in [-0.2, -0.15) is 0 Å². The molecule has 0 aliphatic rings. The van der Waals surface area contributed by atoms with E-state index in [1.807, 2.05) is 36.4 Å². The van der Waals surface area contributed by atoms with E-state index < -0.39 is 18.0 Å². The Morgan fingerprint density at radius 2 is 1.69 bits per heavy atom. The van der Waals surface area contributed by atoms with E-state index in [1.165, 1.54) is 7.11 Å². The van der Waals surface area contributed by atoms with Crippen molar-refractivity contribution in [1.82, 2.24) is 5.32 Å². The van der Waals surface area contributed by atoms with Crippen LogP contribution in [0.5, 0.6) is 5.75 Å². The molecule has 6 heteroatoms. The Kier molecular flexibility index (Phi) is 7.17. The average molecular weight is 357 g/mol. The number of benzene rings is 2. The summed E-state index contributed by atoms with van der Waals surface area (Å²) >= 11 is 0. The Morgan fingerprint density at radius 3 is 2.31 bits per heavy atom. The Morgan fingerprint density at radius 1 is 1.04 bits per heavy atom. The summed E-state index contributed by atoms with van der Waals surface area (Å²) in [4.78, 5) is 24.0. The largest absolute Gasteiger partial charge is 0.496 e. The summed E-state index contributed by atoms with van der Waals surface area (Å²) in [6.45, 7) is -0.00108. The van der Waals surface area contributed by atoms with Gasteiger partial charge in [-0.3, -0.25) is 9.59 Å². The van der Waals surface area contributed by atoms with E-state index in [2.05, 4.69) is 5.32 Å². The molecule has 2 N–H and O–H groups in total. The van der Waals surface area contributed by atoms with Gasteiger partial charge in [0.05, 0.1) is 13.0 Å². The summed E-state index contributed by atoms with van der Waals surface area (Å²) in [6.07, 6.45) is -0.528. The number of aliphatic carboxylic acids is 1. The molecule has 0 radical (unpaired) electrons. The molecule has 0 aromatic heterocycles. The molecule has 6 nitrogen and oxygen atoms in total. The normalized spacial score (nSPS) is 12.8. The molecule has 2 rings (SSSR count). The SMILES string of the molecule is COc1ccccc1CC(CNC(=O)C(OC)c1ccccc1)C(=O)O. The molecule has 0 fully saturated rings. The lowest BCUT2D eigenvalue weighted by Crippen LogP contribution is -2.37. The highest BCUT2D eigenvalue weighted by Crippen LogP contribution is 2.21. The summed E-state index contributed by atoms with van der Waals surface area (Å²) in [7, 11) is 2.99. The third kappa shape index (κ3) is 5.07. The summed E-state index contributed by atoms with van der Waals surface area (Å²) in [5.41, 5.74) is 1.49. The molecule has 1 amide bonds. The third-order valence-electron chi connectivity index (χ3n) is 4.11. The van der Waals surface area contributed by atoms with Crippen molar-refractivity contribution in [3.8, 4) is 5.75 Å². The molecule has 2 atom stereocenters. The number of nitrogens with one attached hydrogen (secondary N) is 1. The summed E-state index contributed by atoms with van der Waals surface area (Å²) in [5.74, 6) is -1.50. The van der Waals surface area contributed by atoms with Crippen molar-refractivity contribution in [3.63, 3.8) is 0 Å². The molecule has 0 aliphatic carbocycles. The van der Waals surface area contributed by atoms with Crippen LogP contribution in [-0.4, -0.2) is 37.7 Å². The number of methoxy groups -OCH3 is 2. The van der Waals surface area contributed by atoms with Crippen LogP contribution in [0, 0.1) is 5.92 Å². The summed E-state index contributed by atoms with van der Waals surface area (Å²) in [6, 6.07) is 16.3. The molecule has 2 unspecified atom stereocenters. The van der Waals surface area contributed by atoms with Crippen LogP contribution < -0.4 is 10.1 Å². The number of hydrogen-bond donors (Lipinski definition) is 2. The van der Waals surface area contributed by atoms with Gasteiger partial charge in [0, 0.05) is 13.7 Å². The molecule has 2 aromatic rings. The smallest absolute Gasteiger partial charge is 0.308 e. The Labute approximate surface area is 152 Å². The third-order valence-corrected chi connectivity index (χ3v) is 4.11. The molecule has 0 spiro atoms. The van der Waals surface area contributed by atoms with Gasteiger partial charge in [-0.25, -0.2) is 0 Å². The lowest BCUT2D eigenvalue weighted by molar-refractivity contribution is -0.142. The zero-order chi connectivity index (χ0) is 18.9. The molecule has 0 saturated heterocycles. The first-order valence-corrected chi connectivity index (χ1v) is 8.27. The van der Waals surface area contributed by atoms with E-state index in [1.54, 1.807) is 25.3 Å². The van der Waals surface area contributed by atoms with Crippen LogP contribution in [0.3, 0.4) is 0 Å². The number of hydrogen-bond acceptors (Lipinski definition) is 4. The van der Waals surface area contributed by atoms with E-state index in [9.17, 15) is 14.7 Å². The van der Waals surface area contributed by atoms with E-state index in [4.69, 9.17) is 9.47 Å². The fourth-order valence-corrected chi connectivity index (χ4v) is 2.72. The van der Waals surface area contributed by atoms with Crippen molar-refractivity contribution < 1.29 is 24.2 Å². The maximum Gasteiger partial charge on any atom is 0.308 e. The quantitative estimate of drug-likeness (QED) is 0.720. The lowest BCUT2D eigenvalue weighted by Gasteiger charge is -2.19. The fraction of sp³-hybridized carbons (Fsp3) is 0.300.